The van der Waals surface area contributed by atoms with Gasteiger partial charge in [0, 0.05) is 0 Å². The van der Waals surface area contributed by atoms with E-state index in [1.807, 2.05) is 0 Å². The summed E-state index contributed by atoms with van der Waals surface area (Å²) in [5.41, 5.74) is 0. The maximum absolute atomic E-state index is 9.38. The molecule has 4 heteroatoms. The van der Waals surface area contributed by atoms with Crippen molar-refractivity contribution >= 4 is 39.8 Å². The fraction of sp³-hybridized carbons (Fsp3) is 0. The van der Waals surface area contributed by atoms with Crippen LogP contribution in [0, 0.1) is 0 Å². The SMILES string of the molecule is [O]=[Sb]#[S]=[Se]. The fourth-order valence-electron chi connectivity index (χ4n) is 0. The molecule has 4 heavy (non-hydrogen) atoms. The second-order valence-electron chi connectivity index (χ2n) is 0.149. The van der Waals surface area contributed by atoms with Gasteiger partial charge in [-0.2, -0.15) is 0 Å². The van der Waals surface area contributed by atoms with Gasteiger partial charge in [-0.05, 0) is 0 Å². The van der Waals surface area contributed by atoms with Gasteiger partial charge in [0.2, 0.25) is 0 Å². The number of hydrogen-bond acceptors (Lipinski definition) is 1. The molecule has 0 heterocycles. The first kappa shape index (κ1) is 5.49. The molecule has 0 aliphatic carbocycles. The van der Waals surface area contributed by atoms with Crippen molar-refractivity contribution in [2.45, 2.75) is 0 Å². The van der Waals surface area contributed by atoms with Crippen molar-refractivity contribution in [2.24, 2.45) is 0 Å². The van der Waals surface area contributed by atoms with E-state index in [0.717, 1.165) is 0 Å². The van der Waals surface area contributed by atoms with E-state index in [-0.39, 0.29) is 0 Å². The second kappa shape index (κ2) is 4.49. The topological polar surface area (TPSA) is 17.1 Å². The van der Waals surface area contributed by atoms with Crippen molar-refractivity contribution < 1.29 is 3.02 Å². The van der Waals surface area contributed by atoms with Crippen LogP contribution in [0.3, 0.4) is 0 Å². The molecule has 0 atom stereocenters. The zero-order valence-electron chi connectivity index (χ0n) is 1.67. The Labute approximate surface area is 42.5 Å². The molecule has 0 rings (SSSR count). The summed E-state index contributed by atoms with van der Waals surface area (Å²) in [5.74, 6) is 1.33. The van der Waals surface area contributed by atoms with Gasteiger partial charge < -0.3 is 0 Å². The van der Waals surface area contributed by atoms with E-state index in [2.05, 4.69) is 14.4 Å². The Morgan fingerprint density at radius 3 is 2.25 bits per heavy atom. The summed E-state index contributed by atoms with van der Waals surface area (Å²) in [7, 11) is 0. The van der Waals surface area contributed by atoms with E-state index < -0.39 is 19.4 Å². The maximum atomic E-state index is 9.38. The van der Waals surface area contributed by atoms with Crippen molar-refractivity contribution in [3.05, 3.63) is 0 Å². The second-order valence-corrected chi connectivity index (χ2v) is 9.29. The molecule has 0 aliphatic heterocycles. The van der Waals surface area contributed by atoms with Crippen molar-refractivity contribution in [1.29, 1.82) is 0 Å². The van der Waals surface area contributed by atoms with E-state index in [1.54, 1.807) is 0 Å². The van der Waals surface area contributed by atoms with Gasteiger partial charge in [-0.25, -0.2) is 0 Å². The van der Waals surface area contributed by atoms with Gasteiger partial charge in [-0.15, -0.1) is 0 Å². The molecule has 0 N–H and O–H groups in total. The molecule has 0 aliphatic rings. The predicted octanol–water partition coefficient (Wildman–Crippen LogP) is -0.232. The average molecular weight is 249 g/mol. The average Bonchev–Trinajstić information content (AvgIpc) is 1.37. The van der Waals surface area contributed by atoms with Crippen LogP contribution in [0.1, 0.15) is 0 Å². The van der Waals surface area contributed by atoms with Gasteiger partial charge in [-0.1, -0.05) is 0 Å². The first-order valence-corrected chi connectivity index (χ1v) is 7.50. The summed E-state index contributed by atoms with van der Waals surface area (Å²) in [4.78, 5) is 0. The molecule has 0 unspecified atom stereocenters. The van der Waals surface area contributed by atoms with Gasteiger partial charge in [0.1, 0.15) is 0 Å². The summed E-state index contributed by atoms with van der Waals surface area (Å²) in [5, 5.41) is 0. The van der Waals surface area contributed by atoms with E-state index in [1.165, 1.54) is 6.00 Å². The molecule has 0 fully saturated rings. The van der Waals surface area contributed by atoms with Crippen LogP contribution < -0.4 is 0 Å². The molecule has 0 spiro atoms. The van der Waals surface area contributed by atoms with Gasteiger partial charge in [0.15, 0.2) is 0 Å². The molecule has 0 bridgehead atoms. The summed E-state index contributed by atoms with van der Waals surface area (Å²) in [6, 6.07) is 0. The van der Waals surface area contributed by atoms with Gasteiger partial charge in [0.05, 0.1) is 0 Å². The van der Waals surface area contributed by atoms with E-state index in [4.69, 9.17) is 0 Å². The predicted molar refractivity (Wildman–Crippen MR) is 19.8 cm³/mol. The van der Waals surface area contributed by atoms with Gasteiger partial charge in [0.25, 0.3) is 0 Å². The Hall–Kier alpha value is 1.49. The summed E-state index contributed by atoms with van der Waals surface area (Å²) >= 11 is 1.53. The van der Waals surface area contributed by atoms with Crippen LogP contribution in [0.2, 0.25) is 0 Å². The summed E-state index contributed by atoms with van der Waals surface area (Å²) in [6.07, 6.45) is 0. The third kappa shape index (κ3) is 3.49. The van der Waals surface area contributed by atoms with Crippen molar-refractivity contribution in [3.63, 3.8) is 0 Å². The van der Waals surface area contributed by atoms with Crippen LogP contribution in [0.25, 0.3) is 0 Å². The quantitative estimate of drug-likeness (QED) is 0.542. The van der Waals surface area contributed by atoms with Crippen molar-refractivity contribution in [3.8, 4) is 0 Å². The van der Waals surface area contributed by atoms with Crippen LogP contribution in [-0.2, 0) is 3.02 Å². The molecule has 0 amide bonds. The normalized spacial score (nSPS) is 3.00. The fourth-order valence-corrected chi connectivity index (χ4v) is 0. The Kier molecular flexibility index (Phi) is 6.16. The Bertz CT molecular complexity index is 97.2. The molecule has 0 aromatic rings. The van der Waals surface area contributed by atoms with Crippen LogP contribution in [0.5, 0.6) is 0 Å². The van der Waals surface area contributed by atoms with E-state index >= 15 is 0 Å². The van der Waals surface area contributed by atoms with Crippen LogP contribution in [-0.4, -0.2) is 33.8 Å². The van der Waals surface area contributed by atoms with E-state index in [0.29, 0.717) is 0 Å². The van der Waals surface area contributed by atoms with Crippen LogP contribution >= 0.6 is 6.00 Å². The molecule has 0 aromatic carbocycles. The minimum atomic E-state index is -1.04. The van der Waals surface area contributed by atoms with Crippen LogP contribution in [0.4, 0.5) is 0 Å². The van der Waals surface area contributed by atoms with Gasteiger partial charge in [-0.3, -0.25) is 0 Å². The summed E-state index contributed by atoms with van der Waals surface area (Å²) < 4.78 is 9.38. The Morgan fingerprint density at radius 2 is 2.25 bits per heavy atom. The summed E-state index contributed by atoms with van der Waals surface area (Å²) in [6.45, 7) is 0. The van der Waals surface area contributed by atoms with E-state index in [9.17, 15) is 3.02 Å². The zero-order valence-corrected chi connectivity index (χ0v) is 6.75. The Balaban J connectivity index is 4.65. The zero-order chi connectivity index (χ0) is 3.41. The third-order valence-corrected chi connectivity index (χ3v) is 3.18. The molecule has 23 valence electrons. The first-order chi connectivity index (χ1) is 1.91. The number of hydrogen-bond donors (Lipinski definition) is 0. The molecule has 0 aromatic heterocycles. The molecule has 1 nitrogen and oxygen atoms in total. The third-order valence-electron chi connectivity index (χ3n) is 0.0304. The van der Waals surface area contributed by atoms with Gasteiger partial charge >= 0.3 is 42.8 Å². The number of rotatable bonds is 0. The monoisotopic (exact) mass is 249 g/mol. The molecular formula is OSSbSe. The van der Waals surface area contributed by atoms with Crippen LogP contribution in [0.15, 0.2) is 0 Å². The molecule has 0 saturated carbocycles. The molecule has 0 saturated heterocycles. The Morgan fingerprint density at radius 1 is 2.00 bits per heavy atom. The minimum absolute atomic E-state index is 1.04. The van der Waals surface area contributed by atoms with Crippen molar-refractivity contribution in [2.75, 3.05) is 0 Å². The van der Waals surface area contributed by atoms with Crippen molar-refractivity contribution in [1.82, 2.24) is 0 Å². The first-order valence-electron chi connectivity index (χ1n) is 0.532. The standard InChI is InChI=1S/O.SSe.Sb/c;1-2;. The molecular weight excluding hydrogens is 249 g/mol. The molecule has 1 radical (unpaired) electrons.